The van der Waals surface area contributed by atoms with E-state index in [4.69, 9.17) is 4.74 Å². The molecule has 1 aromatic heterocycles. The monoisotopic (exact) mass is 350 g/mol. The molecule has 0 amide bonds. The van der Waals surface area contributed by atoms with E-state index in [1.54, 1.807) is 31.5 Å². The van der Waals surface area contributed by atoms with Gasteiger partial charge in [0.2, 0.25) is 10.0 Å². The predicted molar refractivity (Wildman–Crippen MR) is 87.8 cm³/mol. The summed E-state index contributed by atoms with van der Waals surface area (Å²) >= 11 is 0. The van der Waals surface area contributed by atoms with Gasteiger partial charge in [-0.15, -0.1) is 0 Å². The molecule has 1 saturated heterocycles. The molecule has 1 unspecified atom stereocenters. The maximum atomic E-state index is 13.2. The average Bonchev–Trinajstić information content (AvgIpc) is 2.56. The maximum absolute atomic E-state index is 13.2. The summed E-state index contributed by atoms with van der Waals surface area (Å²) in [5.41, 5.74) is 0.409. The molecule has 0 aliphatic carbocycles. The number of aromatic nitrogens is 1. The minimum atomic E-state index is -3.66. The van der Waals surface area contributed by atoms with Crippen molar-refractivity contribution in [3.05, 3.63) is 54.1 Å². The van der Waals surface area contributed by atoms with E-state index in [9.17, 15) is 12.8 Å². The van der Waals surface area contributed by atoms with Gasteiger partial charge in [-0.2, -0.15) is 4.31 Å². The summed E-state index contributed by atoms with van der Waals surface area (Å²) in [5, 5.41) is 0. The normalized spacial score (nSPS) is 19.2. The average molecular weight is 350 g/mol. The van der Waals surface area contributed by atoms with E-state index in [1.807, 2.05) is 0 Å². The molecule has 0 N–H and O–H groups in total. The molecule has 1 aliphatic heterocycles. The first-order chi connectivity index (χ1) is 11.5. The van der Waals surface area contributed by atoms with Gasteiger partial charge in [-0.25, -0.2) is 12.8 Å². The lowest BCUT2D eigenvalue weighted by Crippen LogP contribution is -2.44. The van der Waals surface area contributed by atoms with Crippen molar-refractivity contribution >= 4 is 10.0 Å². The van der Waals surface area contributed by atoms with Crippen LogP contribution in [0, 0.1) is 12.7 Å². The maximum Gasteiger partial charge on any atom is 0.243 e. The minimum Gasteiger partial charge on any atom is -0.489 e. The van der Waals surface area contributed by atoms with Crippen LogP contribution in [0.4, 0.5) is 4.39 Å². The van der Waals surface area contributed by atoms with Gasteiger partial charge in [-0.1, -0.05) is 0 Å². The van der Waals surface area contributed by atoms with E-state index in [1.165, 1.54) is 22.5 Å². The highest BCUT2D eigenvalue weighted by Crippen LogP contribution is 2.25. The first kappa shape index (κ1) is 16.9. The topological polar surface area (TPSA) is 59.5 Å². The number of rotatable bonds is 4. The Balaban J connectivity index is 1.78. The molecule has 7 heteroatoms. The fraction of sp³-hybridized carbons (Fsp3) is 0.353. The fourth-order valence-corrected chi connectivity index (χ4v) is 4.59. The number of sulfonamides is 1. The fourth-order valence-electron chi connectivity index (χ4n) is 2.87. The highest BCUT2D eigenvalue weighted by Gasteiger charge is 2.32. The number of ether oxygens (including phenoxy) is 1. The molecule has 1 aromatic carbocycles. The van der Waals surface area contributed by atoms with Gasteiger partial charge in [0.15, 0.2) is 0 Å². The highest BCUT2D eigenvalue weighted by molar-refractivity contribution is 7.89. The summed E-state index contributed by atoms with van der Waals surface area (Å²) in [4.78, 5) is 4.08. The van der Waals surface area contributed by atoms with Gasteiger partial charge >= 0.3 is 0 Å². The van der Waals surface area contributed by atoms with Gasteiger partial charge in [0, 0.05) is 18.9 Å². The predicted octanol–water partition coefficient (Wildman–Crippen LogP) is 2.76. The van der Waals surface area contributed by atoms with Gasteiger partial charge in [0.25, 0.3) is 0 Å². The molecule has 0 radical (unpaired) electrons. The van der Waals surface area contributed by atoms with Crippen molar-refractivity contribution < 1.29 is 17.5 Å². The number of hydrogen-bond donors (Lipinski definition) is 0. The zero-order valence-corrected chi connectivity index (χ0v) is 14.2. The van der Waals surface area contributed by atoms with Gasteiger partial charge in [0.1, 0.15) is 17.7 Å². The molecule has 0 bridgehead atoms. The molecule has 1 aliphatic rings. The van der Waals surface area contributed by atoms with Crippen LogP contribution in [0.15, 0.2) is 47.6 Å². The van der Waals surface area contributed by atoms with Crippen LogP contribution in [-0.4, -0.2) is 36.9 Å². The van der Waals surface area contributed by atoms with E-state index in [0.29, 0.717) is 17.9 Å². The first-order valence-electron chi connectivity index (χ1n) is 7.80. The second-order valence-corrected chi connectivity index (χ2v) is 7.74. The van der Waals surface area contributed by atoms with Crippen molar-refractivity contribution in [2.24, 2.45) is 0 Å². The summed E-state index contributed by atoms with van der Waals surface area (Å²) < 4.78 is 46.2. The highest BCUT2D eigenvalue weighted by atomic mass is 32.2. The molecule has 24 heavy (non-hydrogen) atoms. The number of pyridine rings is 1. The lowest BCUT2D eigenvalue weighted by atomic mass is 10.1. The van der Waals surface area contributed by atoms with E-state index in [2.05, 4.69) is 4.98 Å². The van der Waals surface area contributed by atoms with Crippen LogP contribution in [0.5, 0.6) is 5.75 Å². The Morgan fingerprint density at radius 3 is 2.71 bits per heavy atom. The Hall–Kier alpha value is -1.99. The third kappa shape index (κ3) is 3.57. The summed E-state index contributed by atoms with van der Waals surface area (Å²) in [6.07, 6.45) is 4.56. The lowest BCUT2D eigenvalue weighted by Gasteiger charge is -2.32. The molecule has 0 saturated carbocycles. The molecular weight excluding hydrogens is 331 g/mol. The Kier molecular flexibility index (Phi) is 4.82. The number of benzene rings is 1. The van der Waals surface area contributed by atoms with Crippen LogP contribution in [0.2, 0.25) is 0 Å². The Bertz CT molecular complexity index is 812. The van der Waals surface area contributed by atoms with Gasteiger partial charge < -0.3 is 4.74 Å². The third-order valence-corrected chi connectivity index (χ3v) is 6.07. The van der Waals surface area contributed by atoms with Crippen LogP contribution in [0.3, 0.4) is 0 Å². The Morgan fingerprint density at radius 1 is 1.25 bits per heavy atom. The second-order valence-electron chi connectivity index (χ2n) is 5.84. The summed E-state index contributed by atoms with van der Waals surface area (Å²) in [7, 11) is -3.66. The molecule has 3 rings (SSSR count). The summed E-state index contributed by atoms with van der Waals surface area (Å²) in [5.74, 6) is 0.233. The molecule has 5 nitrogen and oxygen atoms in total. The molecular formula is C17H19FN2O3S. The number of piperidine rings is 1. The lowest BCUT2D eigenvalue weighted by molar-refractivity contribution is 0.129. The van der Waals surface area contributed by atoms with Crippen LogP contribution in [0.25, 0.3) is 0 Å². The zero-order chi connectivity index (χ0) is 17.2. The van der Waals surface area contributed by atoms with Gasteiger partial charge in [0.05, 0.1) is 11.4 Å². The largest absolute Gasteiger partial charge is 0.489 e. The number of halogens is 1. The van der Waals surface area contributed by atoms with Crippen LogP contribution in [-0.2, 0) is 10.0 Å². The van der Waals surface area contributed by atoms with Crippen molar-refractivity contribution in [3.8, 4) is 5.75 Å². The number of nitrogens with zero attached hydrogens (tertiary/aromatic N) is 2. The smallest absolute Gasteiger partial charge is 0.243 e. The molecule has 2 heterocycles. The van der Waals surface area contributed by atoms with E-state index in [0.717, 1.165) is 12.8 Å². The standard InChI is InChI=1S/C17H19FN2O3S/c1-13-11-14(18)4-5-17(13)24(21,22)20-10-2-3-16(12-20)23-15-6-8-19-9-7-15/h4-9,11,16H,2-3,10,12H2,1H3. The number of hydrogen-bond acceptors (Lipinski definition) is 4. The van der Waals surface area contributed by atoms with Crippen LogP contribution >= 0.6 is 0 Å². The third-order valence-electron chi connectivity index (χ3n) is 4.05. The van der Waals surface area contributed by atoms with Crippen molar-refractivity contribution in [3.63, 3.8) is 0 Å². The summed E-state index contributed by atoms with van der Waals surface area (Å²) in [6, 6.07) is 7.24. The van der Waals surface area contributed by atoms with Gasteiger partial charge in [-0.3, -0.25) is 4.98 Å². The molecule has 0 spiro atoms. The summed E-state index contributed by atoms with van der Waals surface area (Å²) in [6.45, 7) is 2.32. The van der Waals surface area contributed by atoms with Crippen molar-refractivity contribution in [1.82, 2.24) is 9.29 Å². The molecule has 2 aromatic rings. The van der Waals surface area contributed by atoms with Gasteiger partial charge in [-0.05, 0) is 55.7 Å². The van der Waals surface area contributed by atoms with Crippen molar-refractivity contribution in [2.75, 3.05) is 13.1 Å². The van der Waals surface area contributed by atoms with Crippen LogP contribution < -0.4 is 4.74 Å². The first-order valence-corrected chi connectivity index (χ1v) is 9.24. The zero-order valence-electron chi connectivity index (χ0n) is 13.4. The SMILES string of the molecule is Cc1cc(F)ccc1S(=O)(=O)N1CCCC(Oc2ccncc2)C1. The second kappa shape index (κ2) is 6.86. The van der Waals surface area contributed by atoms with E-state index in [-0.39, 0.29) is 17.5 Å². The van der Waals surface area contributed by atoms with E-state index < -0.39 is 15.8 Å². The Morgan fingerprint density at radius 2 is 2.00 bits per heavy atom. The Labute approximate surface area is 141 Å². The molecule has 1 fully saturated rings. The van der Waals surface area contributed by atoms with Crippen molar-refractivity contribution in [2.45, 2.75) is 30.8 Å². The van der Waals surface area contributed by atoms with Crippen molar-refractivity contribution in [1.29, 1.82) is 0 Å². The molecule has 128 valence electrons. The quantitative estimate of drug-likeness (QED) is 0.851. The molecule has 1 atom stereocenters. The number of aryl methyl sites for hydroxylation is 1. The minimum absolute atomic E-state index is 0.147. The van der Waals surface area contributed by atoms with E-state index >= 15 is 0 Å². The van der Waals surface area contributed by atoms with Crippen LogP contribution in [0.1, 0.15) is 18.4 Å².